The molecule has 0 aliphatic heterocycles. The van der Waals surface area contributed by atoms with Crippen molar-refractivity contribution >= 4 is 29.0 Å². The zero-order valence-electron chi connectivity index (χ0n) is 14.3. The van der Waals surface area contributed by atoms with Crippen LogP contribution in [0.4, 0.5) is 15.9 Å². The van der Waals surface area contributed by atoms with Gasteiger partial charge in [0.2, 0.25) is 0 Å². The maximum absolute atomic E-state index is 13.6. The molecule has 3 aromatic rings. The van der Waals surface area contributed by atoms with Crippen LogP contribution in [0.1, 0.15) is 5.56 Å². The first-order valence-electron chi connectivity index (χ1n) is 8.22. The fraction of sp³-hybridized carbons (Fsp3) is 0.100. The van der Waals surface area contributed by atoms with Crippen LogP contribution in [0.2, 0.25) is 5.02 Å². The highest BCUT2D eigenvalue weighted by molar-refractivity contribution is 6.30. The molecule has 5 nitrogen and oxygen atoms in total. The van der Waals surface area contributed by atoms with Crippen molar-refractivity contribution in [3.63, 3.8) is 0 Å². The molecule has 0 aliphatic rings. The normalized spacial score (nSPS) is 10.3. The van der Waals surface area contributed by atoms with Crippen molar-refractivity contribution in [3.05, 3.63) is 83.3 Å². The lowest BCUT2D eigenvalue weighted by Gasteiger charge is -2.09. The van der Waals surface area contributed by atoms with Crippen LogP contribution >= 0.6 is 11.6 Å². The number of hydrogen-bond acceptors (Lipinski definition) is 4. The van der Waals surface area contributed by atoms with E-state index in [9.17, 15) is 9.18 Å². The van der Waals surface area contributed by atoms with Gasteiger partial charge in [-0.1, -0.05) is 29.8 Å². The lowest BCUT2D eigenvalue weighted by molar-refractivity contribution is -0.118. The summed E-state index contributed by atoms with van der Waals surface area (Å²) in [7, 11) is 0. The second kappa shape index (κ2) is 9.00. The third-order valence-electron chi connectivity index (χ3n) is 3.66. The number of halogens is 2. The number of nitrogens with zero attached hydrogens (tertiary/aromatic N) is 1. The first-order valence-corrected chi connectivity index (χ1v) is 8.59. The molecule has 2 aromatic carbocycles. The number of hydrogen-bond donors (Lipinski definition) is 2. The molecule has 0 spiro atoms. The average Bonchev–Trinajstić information content (AvgIpc) is 2.68. The van der Waals surface area contributed by atoms with E-state index in [1.54, 1.807) is 60.8 Å². The Kier molecular flexibility index (Phi) is 6.22. The molecule has 1 aromatic heterocycles. The molecule has 0 saturated heterocycles. The molecular weight excluding hydrogens is 369 g/mol. The van der Waals surface area contributed by atoms with Gasteiger partial charge in [-0.15, -0.1) is 0 Å². The number of aromatic nitrogens is 1. The van der Waals surface area contributed by atoms with Crippen LogP contribution in [-0.2, 0) is 11.3 Å². The predicted molar refractivity (Wildman–Crippen MR) is 104 cm³/mol. The Morgan fingerprint density at radius 3 is 2.56 bits per heavy atom. The van der Waals surface area contributed by atoms with Crippen LogP contribution in [0.5, 0.6) is 5.75 Å². The van der Waals surface area contributed by atoms with Gasteiger partial charge < -0.3 is 15.4 Å². The van der Waals surface area contributed by atoms with Gasteiger partial charge in [-0.2, -0.15) is 0 Å². The van der Waals surface area contributed by atoms with Gasteiger partial charge in [-0.05, 0) is 42.5 Å². The van der Waals surface area contributed by atoms with Crippen molar-refractivity contribution in [1.29, 1.82) is 0 Å². The summed E-state index contributed by atoms with van der Waals surface area (Å²) in [5, 5.41) is 6.32. The zero-order chi connectivity index (χ0) is 19.1. The summed E-state index contributed by atoms with van der Waals surface area (Å²) in [6, 6.07) is 16.7. The number of nitrogens with one attached hydrogen (secondary N) is 2. The molecule has 0 fully saturated rings. The minimum absolute atomic E-state index is 0.142. The molecule has 3 rings (SSSR count). The average molecular weight is 386 g/mol. The molecule has 0 aliphatic carbocycles. The Balaban J connectivity index is 1.47. The zero-order valence-corrected chi connectivity index (χ0v) is 15.0. The molecule has 0 saturated carbocycles. The summed E-state index contributed by atoms with van der Waals surface area (Å²) in [5.74, 6) is 0.360. The molecule has 0 atom stereocenters. The van der Waals surface area contributed by atoms with Gasteiger partial charge in [-0.3, -0.25) is 4.79 Å². The maximum Gasteiger partial charge on any atom is 0.263 e. The van der Waals surface area contributed by atoms with Crippen LogP contribution < -0.4 is 15.4 Å². The van der Waals surface area contributed by atoms with Crippen molar-refractivity contribution in [3.8, 4) is 5.75 Å². The fourth-order valence-electron chi connectivity index (χ4n) is 2.27. The maximum atomic E-state index is 13.6. The van der Waals surface area contributed by atoms with E-state index in [2.05, 4.69) is 15.6 Å². The standard InChI is InChI=1S/C20H17ClFN3O2/c21-15-5-8-17(9-6-15)27-13-20(26)25-19-10-7-16(12-24-19)23-11-14-3-1-2-4-18(14)22/h1-10,12,23H,11,13H2,(H,24,25,26). The van der Waals surface area contributed by atoms with Crippen LogP contribution in [0.25, 0.3) is 0 Å². The van der Waals surface area contributed by atoms with Gasteiger partial charge in [0, 0.05) is 17.1 Å². The van der Waals surface area contributed by atoms with Crippen LogP contribution in [0.3, 0.4) is 0 Å². The molecule has 0 unspecified atom stereocenters. The third kappa shape index (κ3) is 5.69. The summed E-state index contributed by atoms with van der Waals surface area (Å²) < 4.78 is 19.0. The number of amides is 1. The van der Waals surface area contributed by atoms with E-state index in [1.165, 1.54) is 6.07 Å². The Morgan fingerprint density at radius 1 is 1.07 bits per heavy atom. The topological polar surface area (TPSA) is 63.2 Å². The Morgan fingerprint density at radius 2 is 1.85 bits per heavy atom. The van der Waals surface area contributed by atoms with Gasteiger partial charge >= 0.3 is 0 Å². The van der Waals surface area contributed by atoms with Gasteiger partial charge in [-0.25, -0.2) is 9.37 Å². The number of carbonyl (C=O) groups excluding carboxylic acids is 1. The number of anilines is 2. The smallest absolute Gasteiger partial charge is 0.263 e. The van der Waals surface area contributed by atoms with Gasteiger partial charge in [0.25, 0.3) is 5.91 Å². The second-order valence-electron chi connectivity index (χ2n) is 5.67. The van der Waals surface area contributed by atoms with Crippen LogP contribution in [-0.4, -0.2) is 17.5 Å². The van der Waals surface area contributed by atoms with Crippen molar-refractivity contribution in [2.45, 2.75) is 6.54 Å². The van der Waals surface area contributed by atoms with E-state index in [0.29, 0.717) is 34.4 Å². The molecule has 27 heavy (non-hydrogen) atoms. The molecule has 0 radical (unpaired) electrons. The van der Waals surface area contributed by atoms with E-state index in [0.717, 1.165) is 0 Å². The molecule has 2 N–H and O–H groups in total. The van der Waals surface area contributed by atoms with E-state index in [1.807, 2.05) is 0 Å². The fourth-order valence-corrected chi connectivity index (χ4v) is 2.40. The Hall–Kier alpha value is -3.12. The van der Waals surface area contributed by atoms with Gasteiger partial charge in [0.1, 0.15) is 17.4 Å². The third-order valence-corrected chi connectivity index (χ3v) is 3.91. The number of benzene rings is 2. The summed E-state index contributed by atoms with van der Waals surface area (Å²) in [4.78, 5) is 16.1. The molecule has 138 valence electrons. The molecular formula is C20H17ClFN3O2. The van der Waals surface area contributed by atoms with Crippen molar-refractivity contribution in [2.24, 2.45) is 0 Å². The van der Waals surface area contributed by atoms with Gasteiger partial charge in [0.05, 0.1) is 11.9 Å². The first-order chi connectivity index (χ1) is 13.1. The van der Waals surface area contributed by atoms with E-state index in [4.69, 9.17) is 16.3 Å². The highest BCUT2D eigenvalue weighted by atomic mass is 35.5. The summed E-state index contributed by atoms with van der Waals surface area (Å²) in [6.07, 6.45) is 1.57. The summed E-state index contributed by atoms with van der Waals surface area (Å²) in [6.45, 7) is 0.200. The van der Waals surface area contributed by atoms with E-state index >= 15 is 0 Å². The van der Waals surface area contributed by atoms with Crippen LogP contribution in [0, 0.1) is 5.82 Å². The number of carbonyl (C=O) groups is 1. The minimum Gasteiger partial charge on any atom is -0.484 e. The molecule has 1 heterocycles. The highest BCUT2D eigenvalue weighted by Crippen LogP contribution is 2.16. The van der Waals surface area contributed by atoms with Crippen molar-refractivity contribution < 1.29 is 13.9 Å². The summed E-state index contributed by atoms with van der Waals surface area (Å²) >= 11 is 5.79. The second-order valence-corrected chi connectivity index (χ2v) is 6.10. The number of pyridine rings is 1. The number of rotatable bonds is 7. The minimum atomic E-state index is -0.329. The van der Waals surface area contributed by atoms with E-state index < -0.39 is 0 Å². The van der Waals surface area contributed by atoms with Crippen molar-refractivity contribution in [1.82, 2.24) is 4.98 Å². The highest BCUT2D eigenvalue weighted by Gasteiger charge is 2.06. The summed E-state index contributed by atoms with van der Waals surface area (Å²) in [5.41, 5.74) is 1.28. The molecule has 1 amide bonds. The van der Waals surface area contributed by atoms with Crippen LogP contribution in [0.15, 0.2) is 66.9 Å². The first kappa shape index (κ1) is 18.7. The quantitative estimate of drug-likeness (QED) is 0.628. The largest absolute Gasteiger partial charge is 0.484 e. The van der Waals surface area contributed by atoms with Gasteiger partial charge in [0.15, 0.2) is 6.61 Å². The lowest BCUT2D eigenvalue weighted by Crippen LogP contribution is -2.20. The molecule has 0 bridgehead atoms. The SMILES string of the molecule is O=C(COc1ccc(Cl)cc1)Nc1ccc(NCc2ccccc2F)cn1. The Labute approximate surface area is 161 Å². The predicted octanol–water partition coefficient (Wildman–Crippen LogP) is 4.50. The van der Waals surface area contributed by atoms with E-state index in [-0.39, 0.29) is 18.3 Å². The Bertz CT molecular complexity index is 902. The monoisotopic (exact) mass is 385 g/mol. The lowest BCUT2D eigenvalue weighted by atomic mass is 10.2. The van der Waals surface area contributed by atoms with Crippen molar-refractivity contribution in [2.75, 3.05) is 17.2 Å². The molecule has 7 heteroatoms. The number of ether oxygens (including phenoxy) is 1.